The highest BCUT2D eigenvalue weighted by atomic mass is 16.5. The van der Waals surface area contributed by atoms with Gasteiger partial charge in [-0.2, -0.15) is 0 Å². The van der Waals surface area contributed by atoms with Gasteiger partial charge in [0.2, 0.25) is 0 Å². The Balaban J connectivity index is 2.02. The summed E-state index contributed by atoms with van der Waals surface area (Å²) < 4.78 is 12.4. The van der Waals surface area contributed by atoms with E-state index in [1.807, 2.05) is 13.8 Å². The lowest BCUT2D eigenvalue weighted by molar-refractivity contribution is 0.0213. The summed E-state index contributed by atoms with van der Waals surface area (Å²) in [5, 5.41) is 0. The van der Waals surface area contributed by atoms with Crippen molar-refractivity contribution in [1.82, 2.24) is 4.57 Å². The lowest BCUT2D eigenvalue weighted by Crippen LogP contribution is -2.34. The Morgan fingerprint density at radius 1 is 1.43 bits per heavy atom. The summed E-state index contributed by atoms with van der Waals surface area (Å²) in [4.78, 5) is 24.4. The number of rotatable bonds is 4. The molecule has 5 nitrogen and oxygen atoms in total. The van der Waals surface area contributed by atoms with Crippen LogP contribution in [0.3, 0.4) is 0 Å². The van der Waals surface area contributed by atoms with Gasteiger partial charge in [-0.15, -0.1) is 0 Å². The summed E-state index contributed by atoms with van der Waals surface area (Å²) in [5.41, 5.74) is 0.973. The average molecular weight is 289 g/mol. The summed E-state index contributed by atoms with van der Waals surface area (Å²) in [7, 11) is 0. The van der Waals surface area contributed by atoms with Crippen LogP contribution >= 0.6 is 0 Å². The number of oxazole rings is 1. The van der Waals surface area contributed by atoms with Crippen LogP contribution in [0.2, 0.25) is 0 Å². The van der Waals surface area contributed by atoms with Gasteiger partial charge in [0, 0.05) is 18.7 Å². The molecule has 1 fully saturated rings. The standard InChI is InChI=1S/C16H19NO4/c1-3-8-17-12-6-5-11(10-13(12)21-15(17)19)14(18)16(2)7-4-9-20-16/h5-6,10H,3-4,7-9H2,1-2H3. The summed E-state index contributed by atoms with van der Waals surface area (Å²) in [6.07, 6.45) is 2.47. The van der Waals surface area contributed by atoms with Gasteiger partial charge in [0.05, 0.1) is 5.52 Å². The fourth-order valence-electron chi connectivity index (χ4n) is 2.91. The van der Waals surface area contributed by atoms with Crippen LogP contribution < -0.4 is 5.76 Å². The zero-order chi connectivity index (χ0) is 15.0. The van der Waals surface area contributed by atoms with Crippen molar-refractivity contribution in [3.63, 3.8) is 0 Å². The van der Waals surface area contributed by atoms with E-state index in [1.54, 1.807) is 22.8 Å². The van der Waals surface area contributed by atoms with E-state index in [0.29, 0.717) is 24.3 Å². The SMILES string of the molecule is CCCn1c(=O)oc2cc(C(=O)C3(C)CCCO3)ccc21. The Bertz CT molecular complexity index is 734. The topological polar surface area (TPSA) is 61.4 Å². The second-order valence-electron chi connectivity index (χ2n) is 5.71. The second kappa shape index (κ2) is 5.15. The van der Waals surface area contributed by atoms with Gasteiger partial charge in [0.1, 0.15) is 5.60 Å². The molecule has 0 bridgehead atoms. The largest absolute Gasteiger partial charge is 0.419 e. The molecule has 3 rings (SSSR count). The van der Waals surface area contributed by atoms with Gasteiger partial charge in [0.25, 0.3) is 0 Å². The fraction of sp³-hybridized carbons (Fsp3) is 0.500. The first-order chi connectivity index (χ1) is 10.0. The summed E-state index contributed by atoms with van der Waals surface area (Å²) in [5.74, 6) is -0.424. The molecule has 0 amide bonds. The molecule has 2 heterocycles. The number of carbonyl (C=O) groups excluding carboxylic acids is 1. The molecule has 5 heteroatoms. The molecule has 0 saturated carbocycles. The number of ketones is 1. The van der Waals surface area contributed by atoms with E-state index in [9.17, 15) is 9.59 Å². The molecule has 1 unspecified atom stereocenters. The number of Topliss-reactive ketones (excluding diaryl/α,β-unsaturated/α-hetero) is 1. The van der Waals surface area contributed by atoms with Crippen LogP contribution in [0.15, 0.2) is 27.4 Å². The van der Waals surface area contributed by atoms with Gasteiger partial charge in [-0.3, -0.25) is 9.36 Å². The average Bonchev–Trinajstić information content (AvgIpc) is 3.04. The number of hydrogen-bond acceptors (Lipinski definition) is 4. The molecule has 1 aromatic carbocycles. The number of nitrogens with zero attached hydrogens (tertiary/aromatic N) is 1. The third-order valence-corrected chi connectivity index (χ3v) is 4.08. The summed E-state index contributed by atoms with van der Waals surface area (Å²) in [6.45, 7) is 5.05. The Kier molecular flexibility index (Phi) is 3.45. The molecule has 0 spiro atoms. The highest BCUT2D eigenvalue weighted by Crippen LogP contribution is 2.30. The molecule has 1 aliphatic rings. The molecule has 2 aromatic rings. The number of carbonyl (C=O) groups is 1. The Labute approximate surface area is 122 Å². The molecule has 1 aliphatic heterocycles. The van der Waals surface area contributed by atoms with Gasteiger partial charge in [-0.25, -0.2) is 4.79 Å². The molecule has 0 radical (unpaired) electrons. The number of ether oxygens (including phenoxy) is 1. The van der Waals surface area contributed by atoms with Crippen LogP contribution in [0.4, 0.5) is 0 Å². The quantitative estimate of drug-likeness (QED) is 0.812. The second-order valence-corrected chi connectivity index (χ2v) is 5.71. The third kappa shape index (κ3) is 2.31. The van der Waals surface area contributed by atoms with Gasteiger partial charge in [-0.05, 0) is 44.4 Å². The predicted octanol–water partition coefficient (Wildman–Crippen LogP) is 2.76. The van der Waals surface area contributed by atoms with Crippen molar-refractivity contribution in [3.05, 3.63) is 34.3 Å². The molecule has 1 saturated heterocycles. The summed E-state index contributed by atoms with van der Waals surface area (Å²) >= 11 is 0. The smallest absolute Gasteiger partial charge is 0.408 e. The van der Waals surface area contributed by atoms with E-state index in [1.165, 1.54) is 0 Å². The van der Waals surface area contributed by atoms with Gasteiger partial charge in [-0.1, -0.05) is 6.92 Å². The highest BCUT2D eigenvalue weighted by molar-refractivity contribution is 6.04. The number of fused-ring (bicyclic) bond motifs is 1. The minimum Gasteiger partial charge on any atom is -0.408 e. The zero-order valence-corrected chi connectivity index (χ0v) is 12.3. The first-order valence-corrected chi connectivity index (χ1v) is 7.37. The fourth-order valence-corrected chi connectivity index (χ4v) is 2.91. The highest BCUT2D eigenvalue weighted by Gasteiger charge is 2.38. The Morgan fingerprint density at radius 2 is 2.24 bits per heavy atom. The maximum absolute atomic E-state index is 12.6. The van der Waals surface area contributed by atoms with E-state index >= 15 is 0 Å². The lowest BCUT2D eigenvalue weighted by atomic mass is 9.92. The minimum absolute atomic E-state index is 0.0483. The maximum atomic E-state index is 12.6. The summed E-state index contributed by atoms with van der Waals surface area (Å²) in [6, 6.07) is 5.18. The Hall–Kier alpha value is -1.88. The molecule has 1 aromatic heterocycles. The molecule has 21 heavy (non-hydrogen) atoms. The van der Waals surface area contributed by atoms with Crippen molar-refractivity contribution in [2.75, 3.05) is 6.61 Å². The van der Waals surface area contributed by atoms with Crippen LogP contribution in [0.25, 0.3) is 11.1 Å². The van der Waals surface area contributed by atoms with Crippen LogP contribution in [-0.4, -0.2) is 22.6 Å². The monoisotopic (exact) mass is 289 g/mol. The van der Waals surface area contributed by atoms with E-state index < -0.39 is 5.60 Å². The van der Waals surface area contributed by atoms with E-state index in [-0.39, 0.29) is 11.5 Å². The van der Waals surface area contributed by atoms with Crippen LogP contribution in [0.5, 0.6) is 0 Å². The molecule has 0 aliphatic carbocycles. The van der Waals surface area contributed by atoms with E-state index in [4.69, 9.17) is 9.15 Å². The van der Waals surface area contributed by atoms with E-state index in [0.717, 1.165) is 24.8 Å². The first kappa shape index (κ1) is 14.1. The van der Waals surface area contributed by atoms with Gasteiger partial charge < -0.3 is 9.15 Å². The van der Waals surface area contributed by atoms with Crippen molar-refractivity contribution >= 4 is 16.9 Å². The Morgan fingerprint density at radius 3 is 2.90 bits per heavy atom. The maximum Gasteiger partial charge on any atom is 0.419 e. The minimum atomic E-state index is -0.750. The van der Waals surface area contributed by atoms with Crippen LogP contribution in [-0.2, 0) is 11.3 Å². The van der Waals surface area contributed by atoms with Crippen molar-refractivity contribution < 1.29 is 13.9 Å². The number of aromatic nitrogens is 1. The third-order valence-electron chi connectivity index (χ3n) is 4.08. The predicted molar refractivity (Wildman–Crippen MR) is 78.7 cm³/mol. The number of benzene rings is 1. The van der Waals surface area contributed by atoms with Gasteiger partial charge >= 0.3 is 5.76 Å². The van der Waals surface area contributed by atoms with Crippen LogP contribution in [0, 0.1) is 0 Å². The molecule has 112 valence electrons. The van der Waals surface area contributed by atoms with Crippen molar-refractivity contribution in [2.45, 2.75) is 45.3 Å². The van der Waals surface area contributed by atoms with Crippen molar-refractivity contribution in [2.24, 2.45) is 0 Å². The van der Waals surface area contributed by atoms with Gasteiger partial charge in [0.15, 0.2) is 11.4 Å². The number of aryl methyl sites for hydroxylation is 1. The van der Waals surface area contributed by atoms with E-state index in [2.05, 4.69) is 0 Å². The number of hydrogen-bond donors (Lipinski definition) is 0. The lowest BCUT2D eigenvalue weighted by Gasteiger charge is -2.21. The van der Waals surface area contributed by atoms with Crippen molar-refractivity contribution in [1.29, 1.82) is 0 Å². The van der Waals surface area contributed by atoms with Crippen LogP contribution in [0.1, 0.15) is 43.5 Å². The molecule has 0 N–H and O–H groups in total. The molecule has 1 atom stereocenters. The van der Waals surface area contributed by atoms with Crippen molar-refractivity contribution in [3.8, 4) is 0 Å². The normalized spacial score (nSPS) is 22.0. The molecular weight excluding hydrogens is 270 g/mol. The first-order valence-electron chi connectivity index (χ1n) is 7.37. The molecular formula is C16H19NO4. The zero-order valence-electron chi connectivity index (χ0n) is 12.3.